The summed E-state index contributed by atoms with van der Waals surface area (Å²) in [5.41, 5.74) is 3.55. The summed E-state index contributed by atoms with van der Waals surface area (Å²) in [6.45, 7) is 0. The SMILES string of the molecule is COC(=O)C1=CC(=O)C2C3c4ccccc4C(c4c(OC)ccc(OC)c43)C2C1=O. The molecule has 6 rings (SSSR count). The van der Waals surface area contributed by atoms with Gasteiger partial charge in [0.2, 0.25) is 0 Å². The van der Waals surface area contributed by atoms with Crippen LogP contribution in [0.5, 0.6) is 11.5 Å². The maximum Gasteiger partial charge on any atom is 0.341 e. The van der Waals surface area contributed by atoms with E-state index in [1.807, 2.05) is 36.4 Å². The quantitative estimate of drug-likeness (QED) is 0.578. The van der Waals surface area contributed by atoms with E-state index < -0.39 is 23.7 Å². The predicted octanol–water partition coefficient (Wildman–Crippen LogP) is 2.78. The number of hydrogen-bond acceptors (Lipinski definition) is 6. The lowest BCUT2D eigenvalue weighted by Crippen LogP contribution is -2.50. The van der Waals surface area contributed by atoms with E-state index in [0.29, 0.717) is 11.5 Å². The van der Waals surface area contributed by atoms with Crippen molar-refractivity contribution in [2.45, 2.75) is 11.8 Å². The van der Waals surface area contributed by atoms with Crippen molar-refractivity contribution in [2.75, 3.05) is 21.3 Å². The average Bonchev–Trinajstić information content (AvgIpc) is 2.79. The van der Waals surface area contributed by atoms with Crippen LogP contribution >= 0.6 is 0 Å². The fourth-order valence-corrected chi connectivity index (χ4v) is 5.56. The Morgan fingerprint density at radius 2 is 1.33 bits per heavy atom. The van der Waals surface area contributed by atoms with Gasteiger partial charge in [0.1, 0.15) is 17.1 Å². The number of ketones is 2. The molecule has 0 amide bonds. The summed E-state index contributed by atoms with van der Waals surface area (Å²) in [7, 11) is 4.39. The molecule has 0 saturated carbocycles. The summed E-state index contributed by atoms with van der Waals surface area (Å²) >= 11 is 0. The van der Waals surface area contributed by atoms with Crippen molar-refractivity contribution in [1.29, 1.82) is 0 Å². The highest BCUT2D eigenvalue weighted by Crippen LogP contribution is 2.63. The molecule has 0 aliphatic heterocycles. The van der Waals surface area contributed by atoms with Crippen molar-refractivity contribution in [1.82, 2.24) is 0 Å². The largest absolute Gasteiger partial charge is 0.496 e. The van der Waals surface area contributed by atoms with Gasteiger partial charge < -0.3 is 14.2 Å². The number of Topliss-reactive ketones (excluding diaryl/α,β-unsaturated/α-hetero) is 1. The van der Waals surface area contributed by atoms with E-state index in [-0.39, 0.29) is 23.1 Å². The minimum Gasteiger partial charge on any atom is -0.496 e. The fraction of sp³-hybridized carbons (Fsp3) is 0.292. The summed E-state index contributed by atoms with van der Waals surface area (Å²) in [4.78, 5) is 38.9. The molecule has 0 radical (unpaired) electrons. The van der Waals surface area contributed by atoms with Gasteiger partial charge in [0.05, 0.1) is 21.3 Å². The summed E-state index contributed by atoms with van der Waals surface area (Å²) in [6.07, 6.45) is 1.16. The molecule has 0 heterocycles. The van der Waals surface area contributed by atoms with E-state index in [1.54, 1.807) is 14.2 Å². The van der Waals surface area contributed by atoms with Crippen molar-refractivity contribution in [3.63, 3.8) is 0 Å². The average molecular weight is 404 g/mol. The Morgan fingerprint density at radius 3 is 1.83 bits per heavy atom. The topological polar surface area (TPSA) is 78.9 Å². The van der Waals surface area contributed by atoms with Crippen LogP contribution in [0.4, 0.5) is 0 Å². The zero-order valence-electron chi connectivity index (χ0n) is 16.8. The molecule has 4 atom stereocenters. The minimum atomic E-state index is -0.778. The molecular formula is C24H20O6. The standard InChI is InChI=1S/C24H20O6/c1-28-15-8-9-16(29-2)21-18-12-7-5-4-6-11(12)17(20(15)21)19-14(25)10-13(24(27)30-3)23(26)22(18)19/h4-10,17-19,22H,1-3H3. The summed E-state index contributed by atoms with van der Waals surface area (Å²) in [5.74, 6) is -2.13. The monoisotopic (exact) mass is 404 g/mol. The minimum absolute atomic E-state index is 0.183. The summed E-state index contributed by atoms with van der Waals surface area (Å²) in [6, 6.07) is 11.5. The third-order valence-electron chi connectivity index (χ3n) is 6.63. The number of hydrogen-bond donors (Lipinski definition) is 0. The van der Waals surface area contributed by atoms with Gasteiger partial charge in [-0.15, -0.1) is 0 Å². The van der Waals surface area contributed by atoms with Crippen molar-refractivity contribution >= 4 is 17.5 Å². The number of carbonyl (C=O) groups is 3. The second-order valence-corrected chi connectivity index (χ2v) is 7.75. The number of carbonyl (C=O) groups excluding carboxylic acids is 3. The predicted molar refractivity (Wildman–Crippen MR) is 107 cm³/mol. The molecule has 152 valence electrons. The van der Waals surface area contributed by atoms with Crippen LogP contribution in [-0.2, 0) is 19.1 Å². The highest BCUT2D eigenvalue weighted by molar-refractivity contribution is 6.25. The summed E-state index contributed by atoms with van der Waals surface area (Å²) < 4.78 is 16.1. The van der Waals surface area contributed by atoms with Crippen LogP contribution in [0.2, 0.25) is 0 Å². The van der Waals surface area contributed by atoms with E-state index in [0.717, 1.165) is 28.3 Å². The molecule has 6 nitrogen and oxygen atoms in total. The molecule has 2 aromatic rings. The van der Waals surface area contributed by atoms with Gasteiger partial charge in [0.15, 0.2) is 11.6 Å². The van der Waals surface area contributed by atoms with Crippen molar-refractivity contribution in [2.24, 2.45) is 11.8 Å². The maximum absolute atomic E-state index is 13.5. The van der Waals surface area contributed by atoms with Gasteiger partial charge in [0.25, 0.3) is 0 Å². The summed E-state index contributed by atoms with van der Waals surface area (Å²) in [5, 5.41) is 0. The van der Waals surface area contributed by atoms with Gasteiger partial charge >= 0.3 is 5.97 Å². The molecule has 0 N–H and O–H groups in total. The number of benzene rings is 2. The fourth-order valence-electron chi connectivity index (χ4n) is 5.56. The van der Waals surface area contributed by atoms with Crippen LogP contribution in [0.25, 0.3) is 0 Å². The number of allylic oxidation sites excluding steroid dienone is 1. The van der Waals surface area contributed by atoms with Gasteiger partial charge in [-0.2, -0.15) is 0 Å². The van der Waals surface area contributed by atoms with Crippen LogP contribution in [-0.4, -0.2) is 38.9 Å². The molecule has 2 bridgehead atoms. The second kappa shape index (κ2) is 6.55. The maximum atomic E-state index is 13.5. The normalized spacial score (nSPS) is 25.6. The molecular weight excluding hydrogens is 384 g/mol. The highest BCUT2D eigenvalue weighted by Gasteiger charge is 2.59. The number of esters is 1. The zero-order chi connectivity index (χ0) is 21.2. The second-order valence-electron chi connectivity index (χ2n) is 7.75. The molecule has 4 aliphatic rings. The first-order valence-electron chi connectivity index (χ1n) is 9.75. The molecule has 6 heteroatoms. The van der Waals surface area contributed by atoms with E-state index in [9.17, 15) is 14.4 Å². The van der Waals surface area contributed by atoms with Crippen LogP contribution < -0.4 is 9.47 Å². The number of rotatable bonds is 3. The molecule has 0 saturated heterocycles. The van der Waals surface area contributed by atoms with Gasteiger partial charge in [0, 0.05) is 34.8 Å². The van der Waals surface area contributed by atoms with Crippen molar-refractivity contribution in [3.05, 3.63) is 70.3 Å². The van der Waals surface area contributed by atoms with Crippen LogP contribution in [0.15, 0.2) is 48.0 Å². The number of ether oxygens (including phenoxy) is 3. The molecule has 30 heavy (non-hydrogen) atoms. The lowest BCUT2D eigenvalue weighted by molar-refractivity contribution is -0.141. The first-order valence-corrected chi connectivity index (χ1v) is 9.75. The van der Waals surface area contributed by atoms with Crippen molar-refractivity contribution in [3.8, 4) is 11.5 Å². The smallest absolute Gasteiger partial charge is 0.341 e. The zero-order valence-corrected chi connectivity index (χ0v) is 16.8. The third-order valence-corrected chi connectivity index (χ3v) is 6.63. The molecule has 4 unspecified atom stereocenters. The Labute approximate surface area is 173 Å². The Kier molecular flexibility index (Phi) is 4.07. The van der Waals surface area contributed by atoms with Crippen LogP contribution in [0.1, 0.15) is 34.1 Å². The molecule has 0 aromatic heterocycles. The lowest BCUT2D eigenvalue weighted by atomic mass is 9.50. The lowest BCUT2D eigenvalue weighted by Gasteiger charge is -2.50. The van der Waals surface area contributed by atoms with E-state index in [1.165, 1.54) is 7.11 Å². The molecule has 0 fully saturated rings. The van der Waals surface area contributed by atoms with Crippen LogP contribution in [0.3, 0.4) is 0 Å². The molecule has 2 aromatic carbocycles. The van der Waals surface area contributed by atoms with Gasteiger partial charge in [-0.1, -0.05) is 24.3 Å². The van der Waals surface area contributed by atoms with Crippen LogP contribution in [0, 0.1) is 11.8 Å². The number of methoxy groups -OCH3 is 3. The first-order chi connectivity index (χ1) is 14.5. The Hall–Kier alpha value is -3.41. The Bertz CT molecular complexity index is 1140. The van der Waals surface area contributed by atoms with E-state index in [4.69, 9.17) is 14.2 Å². The highest BCUT2D eigenvalue weighted by atomic mass is 16.5. The first kappa shape index (κ1) is 18.6. The van der Waals surface area contributed by atoms with Crippen molar-refractivity contribution < 1.29 is 28.6 Å². The van der Waals surface area contributed by atoms with Gasteiger partial charge in [-0.25, -0.2) is 4.79 Å². The Morgan fingerprint density at radius 1 is 0.800 bits per heavy atom. The van der Waals surface area contributed by atoms with E-state index in [2.05, 4.69) is 0 Å². The molecule has 0 spiro atoms. The van der Waals surface area contributed by atoms with E-state index >= 15 is 0 Å². The molecule has 4 aliphatic carbocycles. The Balaban J connectivity index is 1.83. The third kappa shape index (κ3) is 2.22. The van der Waals surface area contributed by atoms with Gasteiger partial charge in [-0.05, 0) is 29.3 Å². The van der Waals surface area contributed by atoms with Gasteiger partial charge in [-0.3, -0.25) is 9.59 Å².